The van der Waals surface area contributed by atoms with Gasteiger partial charge >= 0.3 is 0 Å². The quantitative estimate of drug-likeness (QED) is 0.855. The molecule has 2 nitrogen and oxygen atoms in total. The molecule has 0 saturated heterocycles. The molecular formula is C16H25NO. The van der Waals surface area contributed by atoms with Gasteiger partial charge in [-0.05, 0) is 43.2 Å². The highest BCUT2D eigenvalue weighted by atomic mass is 16.5. The molecule has 1 aliphatic carbocycles. The standard InChI is InChI=1S/C16H25NO/c1-5-18-14-8-6-7-13(9-14)17-15-11-16(3,4)10-12(15)2/h6-9,12,15,17H,5,10-11H2,1-4H3. The summed E-state index contributed by atoms with van der Waals surface area (Å²) in [6, 6.07) is 8.87. The molecule has 2 atom stereocenters. The molecule has 1 aromatic carbocycles. The van der Waals surface area contributed by atoms with Crippen LogP contribution in [-0.4, -0.2) is 12.6 Å². The van der Waals surface area contributed by atoms with Gasteiger partial charge in [-0.15, -0.1) is 0 Å². The highest BCUT2D eigenvalue weighted by Gasteiger charge is 2.36. The smallest absolute Gasteiger partial charge is 0.121 e. The normalized spacial score (nSPS) is 26.0. The lowest BCUT2D eigenvalue weighted by molar-refractivity contribution is 0.340. The number of rotatable bonds is 4. The second-order valence-electron chi connectivity index (χ2n) is 6.26. The summed E-state index contributed by atoms with van der Waals surface area (Å²) in [7, 11) is 0. The molecule has 0 bridgehead atoms. The molecule has 18 heavy (non-hydrogen) atoms. The van der Waals surface area contributed by atoms with Crippen LogP contribution in [0.4, 0.5) is 5.69 Å². The molecule has 2 heteroatoms. The third kappa shape index (κ3) is 3.18. The van der Waals surface area contributed by atoms with Crippen LogP contribution in [0.25, 0.3) is 0 Å². The van der Waals surface area contributed by atoms with Crippen molar-refractivity contribution in [1.29, 1.82) is 0 Å². The van der Waals surface area contributed by atoms with Crippen molar-refractivity contribution in [3.05, 3.63) is 24.3 Å². The lowest BCUT2D eigenvalue weighted by Gasteiger charge is -2.20. The van der Waals surface area contributed by atoms with Gasteiger partial charge in [-0.25, -0.2) is 0 Å². The van der Waals surface area contributed by atoms with Crippen LogP contribution in [0, 0.1) is 11.3 Å². The summed E-state index contributed by atoms with van der Waals surface area (Å²) in [6.45, 7) is 9.81. The van der Waals surface area contributed by atoms with Gasteiger partial charge in [0.2, 0.25) is 0 Å². The molecule has 2 unspecified atom stereocenters. The van der Waals surface area contributed by atoms with Crippen LogP contribution in [0.15, 0.2) is 24.3 Å². The van der Waals surface area contributed by atoms with Crippen LogP contribution in [0.5, 0.6) is 5.75 Å². The van der Waals surface area contributed by atoms with Gasteiger partial charge in [0.15, 0.2) is 0 Å². The van der Waals surface area contributed by atoms with Crippen molar-refractivity contribution < 1.29 is 4.74 Å². The fourth-order valence-corrected chi connectivity index (χ4v) is 3.14. The van der Waals surface area contributed by atoms with Crippen LogP contribution in [-0.2, 0) is 0 Å². The van der Waals surface area contributed by atoms with Gasteiger partial charge < -0.3 is 10.1 Å². The third-order valence-electron chi connectivity index (χ3n) is 3.83. The molecule has 0 aliphatic heterocycles. The Bertz CT molecular complexity index is 400. The predicted molar refractivity (Wildman–Crippen MR) is 77.2 cm³/mol. The minimum Gasteiger partial charge on any atom is -0.494 e. The fourth-order valence-electron chi connectivity index (χ4n) is 3.14. The maximum absolute atomic E-state index is 5.54. The summed E-state index contributed by atoms with van der Waals surface area (Å²) in [5.41, 5.74) is 1.64. The summed E-state index contributed by atoms with van der Waals surface area (Å²) in [5, 5.41) is 3.67. The molecule has 100 valence electrons. The molecule has 1 saturated carbocycles. The molecule has 1 aromatic rings. The fraction of sp³-hybridized carbons (Fsp3) is 0.625. The van der Waals surface area contributed by atoms with E-state index in [1.807, 2.05) is 13.0 Å². The maximum atomic E-state index is 5.54. The summed E-state index contributed by atoms with van der Waals surface area (Å²) >= 11 is 0. The molecule has 0 aromatic heterocycles. The average Bonchev–Trinajstić information content (AvgIpc) is 2.53. The summed E-state index contributed by atoms with van der Waals surface area (Å²) in [5.74, 6) is 1.68. The van der Waals surface area contributed by atoms with Gasteiger partial charge in [0.05, 0.1) is 6.61 Å². The van der Waals surface area contributed by atoms with Gasteiger partial charge in [-0.3, -0.25) is 0 Å². The van der Waals surface area contributed by atoms with Crippen molar-refractivity contribution >= 4 is 5.69 Å². The van der Waals surface area contributed by atoms with E-state index in [0.29, 0.717) is 11.5 Å². The highest BCUT2D eigenvalue weighted by Crippen LogP contribution is 2.42. The third-order valence-corrected chi connectivity index (χ3v) is 3.83. The van der Waals surface area contributed by atoms with Gasteiger partial charge in [-0.2, -0.15) is 0 Å². The van der Waals surface area contributed by atoms with E-state index in [9.17, 15) is 0 Å². The first-order valence-corrected chi connectivity index (χ1v) is 6.99. The molecule has 1 aliphatic rings. The number of hydrogen-bond donors (Lipinski definition) is 1. The highest BCUT2D eigenvalue weighted by molar-refractivity contribution is 5.49. The molecular weight excluding hydrogens is 222 g/mol. The first kappa shape index (κ1) is 13.3. The zero-order chi connectivity index (χ0) is 13.2. The average molecular weight is 247 g/mol. The minimum atomic E-state index is 0.467. The first-order chi connectivity index (χ1) is 8.50. The lowest BCUT2D eigenvalue weighted by atomic mass is 9.91. The maximum Gasteiger partial charge on any atom is 0.121 e. The monoisotopic (exact) mass is 247 g/mol. The zero-order valence-corrected chi connectivity index (χ0v) is 12.0. The van der Waals surface area contributed by atoms with Crippen LogP contribution in [0.2, 0.25) is 0 Å². The number of benzene rings is 1. The van der Waals surface area contributed by atoms with Crippen molar-refractivity contribution in [2.24, 2.45) is 11.3 Å². The summed E-state index contributed by atoms with van der Waals surface area (Å²) < 4.78 is 5.54. The molecule has 1 N–H and O–H groups in total. The van der Waals surface area contributed by atoms with Gasteiger partial charge in [0.25, 0.3) is 0 Å². The Kier molecular flexibility index (Phi) is 3.84. The van der Waals surface area contributed by atoms with Crippen LogP contribution >= 0.6 is 0 Å². The van der Waals surface area contributed by atoms with E-state index in [0.717, 1.165) is 18.3 Å². The Balaban J connectivity index is 2.03. The van der Waals surface area contributed by atoms with Crippen molar-refractivity contribution in [3.8, 4) is 5.75 Å². The predicted octanol–water partition coefficient (Wildman–Crippen LogP) is 4.32. The molecule has 0 heterocycles. The van der Waals surface area contributed by atoms with E-state index in [-0.39, 0.29) is 0 Å². The first-order valence-electron chi connectivity index (χ1n) is 6.99. The topological polar surface area (TPSA) is 21.3 Å². The Morgan fingerprint density at radius 2 is 2.11 bits per heavy atom. The second-order valence-corrected chi connectivity index (χ2v) is 6.26. The van der Waals surface area contributed by atoms with Gasteiger partial charge in [0.1, 0.15) is 5.75 Å². The Morgan fingerprint density at radius 1 is 1.33 bits per heavy atom. The second kappa shape index (κ2) is 5.21. The van der Waals surface area contributed by atoms with Crippen LogP contribution in [0.1, 0.15) is 40.5 Å². The Labute approximate surface area is 111 Å². The SMILES string of the molecule is CCOc1cccc(NC2CC(C)(C)CC2C)c1. The van der Waals surface area contributed by atoms with Crippen LogP contribution < -0.4 is 10.1 Å². The molecule has 0 spiro atoms. The molecule has 2 rings (SSSR count). The van der Waals surface area contributed by atoms with Crippen molar-refractivity contribution in [1.82, 2.24) is 0 Å². The van der Waals surface area contributed by atoms with E-state index < -0.39 is 0 Å². The van der Waals surface area contributed by atoms with Crippen molar-refractivity contribution in [2.45, 2.75) is 46.6 Å². The van der Waals surface area contributed by atoms with E-state index >= 15 is 0 Å². The molecule has 0 radical (unpaired) electrons. The number of nitrogens with one attached hydrogen (secondary N) is 1. The minimum absolute atomic E-state index is 0.467. The van der Waals surface area contributed by atoms with Crippen LogP contribution in [0.3, 0.4) is 0 Å². The number of hydrogen-bond acceptors (Lipinski definition) is 2. The van der Waals surface area contributed by atoms with E-state index in [2.05, 4.69) is 44.3 Å². The zero-order valence-electron chi connectivity index (χ0n) is 12.0. The Hall–Kier alpha value is -1.18. The van der Waals surface area contributed by atoms with E-state index in [1.54, 1.807) is 0 Å². The van der Waals surface area contributed by atoms with Crippen molar-refractivity contribution in [2.75, 3.05) is 11.9 Å². The molecule has 1 fully saturated rings. The lowest BCUT2D eigenvalue weighted by Crippen LogP contribution is -2.22. The van der Waals surface area contributed by atoms with Gasteiger partial charge in [-0.1, -0.05) is 26.8 Å². The van der Waals surface area contributed by atoms with Crippen molar-refractivity contribution in [3.63, 3.8) is 0 Å². The molecule has 0 amide bonds. The van der Waals surface area contributed by atoms with E-state index in [1.165, 1.54) is 18.5 Å². The number of anilines is 1. The Morgan fingerprint density at radius 3 is 2.72 bits per heavy atom. The summed E-state index contributed by atoms with van der Waals surface area (Å²) in [4.78, 5) is 0. The van der Waals surface area contributed by atoms with Gasteiger partial charge in [0, 0.05) is 17.8 Å². The number of ether oxygens (including phenoxy) is 1. The van der Waals surface area contributed by atoms with E-state index in [4.69, 9.17) is 4.74 Å². The summed E-state index contributed by atoms with van der Waals surface area (Å²) in [6.07, 6.45) is 2.54. The largest absolute Gasteiger partial charge is 0.494 e.